The van der Waals surface area contributed by atoms with Crippen molar-refractivity contribution in [3.63, 3.8) is 0 Å². The lowest BCUT2D eigenvalue weighted by Crippen LogP contribution is -2.36. The Morgan fingerprint density at radius 3 is 2.25 bits per heavy atom. The smallest absolute Gasteiger partial charge is 0.223 e. The fourth-order valence-electron chi connectivity index (χ4n) is 1.20. The summed E-state index contributed by atoms with van der Waals surface area (Å²) in [6.45, 7) is 9.06. The van der Waals surface area contributed by atoms with Gasteiger partial charge in [-0.25, -0.2) is 0 Å². The second-order valence-corrected chi connectivity index (χ2v) is 3.00. The van der Waals surface area contributed by atoms with Crippen molar-refractivity contribution in [3.8, 4) is 0 Å². The molecule has 1 unspecified atom stereocenters. The van der Waals surface area contributed by atoms with Gasteiger partial charge in [-0.15, -0.1) is 0 Å². The van der Waals surface area contributed by atoms with Crippen LogP contribution in [0.4, 0.5) is 0 Å². The molecule has 0 aliphatic carbocycles. The van der Waals surface area contributed by atoms with Crippen molar-refractivity contribution in [1.82, 2.24) is 10.2 Å². The van der Waals surface area contributed by atoms with E-state index in [2.05, 4.69) is 24.1 Å². The average molecular weight is 172 g/mol. The monoisotopic (exact) mass is 172 g/mol. The van der Waals surface area contributed by atoms with Crippen LogP contribution in [0.1, 0.15) is 20.8 Å². The van der Waals surface area contributed by atoms with E-state index in [9.17, 15) is 4.79 Å². The van der Waals surface area contributed by atoms with Gasteiger partial charge < -0.3 is 10.2 Å². The molecule has 0 aliphatic rings. The van der Waals surface area contributed by atoms with Gasteiger partial charge in [0.1, 0.15) is 0 Å². The van der Waals surface area contributed by atoms with Gasteiger partial charge in [0.25, 0.3) is 0 Å². The minimum Gasteiger partial charge on any atom is -0.359 e. The number of carbonyl (C=O) groups excluding carboxylic acids is 1. The van der Waals surface area contributed by atoms with E-state index in [1.807, 2.05) is 6.92 Å². The molecular formula is C9H20N2O. The normalized spacial score (nSPS) is 13.1. The van der Waals surface area contributed by atoms with E-state index >= 15 is 0 Å². The lowest BCUT2D eigenvalue weighted by molar-refractivity contribution is -0.124. The number of carbonyl (C=O) groups is 1. The second kappa shape index (κ2) is 6.00. The molecule has 0 aromatic heterocycles. The molecule has 0 fully saturated rings. The average Bonchev–Trinajstić information content (AvgIpc) is 2.12. The van der Waals surface area contributed by atoms with Gasteiger partial charge >= 0.3 is 0 Å². The van der Waals surface area contributed by atoms with Crippen molar-refractivity contribution in [2.75, 3.05) is 26.7 Å². The summed E-state index contributed by atoms with van der Waals surface area (Å²) >= 11 is 0. The number of amides is 1. The molecule has 0 bridgehead atoms. The number of rotatable bonds is 5. The molecule has 0 aromatic rings. The fourth-order valence-corrected chi connectivity index (χ4v) is 1.20. The first kappa shape index (κ1) is 11.4. The van der Waals surface area contributed by atoms with Crippen LogP contribution in [-0.2, 0) is 4.79 Å². The van der Waals surface area contributed by atoms with E-state index < -0.39 is 0 Å². The summed E-state index contributed by atoms with van der Waals surface area (Å²) in [5.41, 5.74) is 0. The van der Waals surface area contributed by atoms with Crippen molar-refractivity contribution in [1.29, 1.82) is 0 Å². The van der Waals surface area contributed by atoms with E-state index in [-0.39, 0.29) is 11.8 Å². The molecule has 72 valence electrons. The molecule has 0 heterocycles. The Bertz CT molecular complexity index is 132. The minimum absolute atomic E-state index is 0.0925. The quantitative estimate of drug-likeness (QED) is 0.662. The predicted molar refractivity (Wildman–Crippen MR) is 51.0 cm³/mol. The van der Waals surface area contributed by atoms with Crippen molar-refractivity contribution < 1.29 is 4.79 Å². The van der Waals surface area contributed by atoms with Gasteiger partial charge in [0, 0.05) is 19.5 Å². The topological polar surface area (TPSA) is 32.3 Å². The number of hydrogen-bond donors (Lipinski definition) is 1. The molecule has 0 aromatic carbocycles. The summed E-state index contributed by atoms with van der Waals surface area (Å²) in [7, 11) is 1.68. The molecule has 3 nitrogen and oxygen atoms in total. The summed E-state index contributed by atoms with van der Waals surface area (Å²) < 4.78 is 0. The van der Waals surface area contributed by atoms with Crippen molar-refractivity contribution in [2.45, 2.75) is 20.8 Å². The van der Waals surface area contributed by atoms with E-state index in [1.54, 1.807) is 7.05 Å². The van der Waals surface area contributed by atoms with Crippen LogP contribution in [0.15, 0.2) is 0 Å². The number of hydrogen-bond acceptors (Lipinski definition) is 2. The first-order valence-corrected chi connectivity index (χ1v) is 4.59. The lowest BCUT2D eigenvalue weighted by Gasteiger charge is -2.21. The van der Waals surface area contributed by atoms with Gasteiger partial charge in [-0.2, -0.15) is 0 Å². The molecule has 3 heteroatoms. The fraction of sp³-hybridized carbons (Fsp3) is 0.889. The highest BCUT2D eigenvalue weighted by atomic mass is 16.1. The third-order valence-corrected chi connectivity index (χ3v) is 2.12. The van der Waals surface area contributed by atoms with Gasteiger partial charge in [0.2, 0.25) is 5.91 Å². The first-order valence-electron chi connectivity index (χ1n) is 4.59. The molecular weight excluding hydrogens is 152 g/mol. The lowest BCUT2D eigenvalue weighted by atomic mass is 10.1. The van der Waals surface area contributed by atoms with Crippen LogP contribution in [0.2, 0.25) is 0 Å². The molecule has 1 N–H and O–H groups in total. The third-order valence-electron chi connectivity index (χ3n) is 2.12. The Morgan fingerprint density at radius 2 is 1.92 bits per heavy atom. The van der Waals surface area contributed by atoms with Crippen molar-refractivity contribution in [2.24, 2.45) is 5.92 Å². The zero-order valence-electron chi connectivity index (χ0n) is 8.55. The molecule has 0 saturated carbocycles. The molecule has 0 radical (unpaired) electrons. The SMILES string of the molecule is CCN(CC)CC(C)C(=O)NC. The van der Waals surface area contributed by atoms with Crippen LogP contribution in [0.3, 0.4) is 0 Å². The largest absolute Gasteiger partial charge is 0.359 e. The summed E-state index contributed by atoms with van der Waals surface area (Å²) in [6.07, 6.45) is 0. The highest BCUT2D eigenvalue weighted by Crippen LogP contribution is 1.98. The summed E-state index contributed by atoms with van der Waals surface area (Å²) in [6, 6.07) is 0. The molecule has 0 aliphatic heterocycles. The number of nitrogens with one attached hydrogen (secondary N) is 1. The van der Waals surface area contributed by atoms with Crippen molar-refractivity contribution in [3.05, 3.63) is 0 Å². The Kier molecular flexibility index (Phi) is 5.72. The van der Waals surface area contributed by atoms with E-state index in [1.165, 1.54) is 0 Å². The van der Waals surface area contributed by atoms with E-state index in [0.717, 1.165) is 19.6 Å². The maximum absolute atomic E-state index is 11.1. The molecule has 0 rings (SSSR count). The first-order chi connectivity index (χ1) is 5.65. The predicted octanol–water partition coefficient (Wildman–Crippen LogP) is 0.710. The zero-order chi connectivity index (χ0) is 9.56. The van der Waals surface area contributed by atoms with Crippen molar-refractivity contribution >= 4 is 5.91 Å². The van der Waals surface area contributed by atoms with Gasteiger partial charge in [0.05, 0.1) is 0 Å². The standard InChI is InChI=1S/C9H20N2O/c1-5-11(6-2)7-8(3)9(12)10-4/h8H,5-7H2,1-4H3,(H,10,12). The Morgan fingerprint density at radius 1 is 1.42 bits per heavy atom. The van der Waals surface area contributed by atoms with E-state index in [0.29, 0.717) is 0 Å². The van der Waals surface area contributed by atoms with Crippen LogP contribution < -0.4 is 5.32 Å². The maximum atomic E-state index is 11.1. The van der Waals surface area contributed by atoms with Crippen LogP contribution >= 0.6 is 0 Å². The number of nitrogens with zero attached hydrogens (tertiary/aromatic N) is 1. The highest BCUT2D eigenvalue weighted by molar-refractivity contribution is 5.78. The summed E-state index contributed by atoms with van der Waals surface area (Å²) in [4.78, 5) is 13.4. The molecule has 12 heavy (non-hydrogen) atoms. The van der Waals surface area contributed by atoms with Gasteiger partial charge in [-0.05, 0) is 13.1 Å². The summed E-state index contributed by atoms with van der Waals surface area (Å²) in [5, 5.41) is 2.65. The van der Waals surface area contributed by atoms with Gasteiger partial charge in [-0.1, -0.05) is 20.8 Å². The molecule has 0 saturated heterocycles. The van der Waals surface area contributed by atoms with E-state index in [4.69, 9.17) is 0 Å². The Labute approximate surface area is 75.1 Å². The van der Waals surface area contributed by atoms with Crippen LogP contribution in [0, 0.1) is 5.92 Å². The minimum atomic E-state index is 0.0925. The Hall–Kier alpha value is -0.570. The molecule has 1 amide bonds. The van der Waals surface area contributed by atoms with Crippen LogP contribution in [-0.4, -0.2) is 37.5 Å². The summed E-state index contributed by atoms with van der Waals surface area (Å²) in [5.74, 6) is 0.219. The third kappa shape index (κ3) is 3.72. The molecule has 1 atom stereocenters. The maximum Gasteiger partial charge on any atom is 0.223 e. The van der Waals surface area contributed by atoms with Gasteiger partial charge in [-0.3, -0.25) is 4.79 Å². The highest BCUT2D eigenvalue weighted by Gasteiger charge is 2.13. The zero-order valence-corrected chi connectivity index (χ0v) is 8.55. The molecule has 0 spiro atoms. The van der Waals surface area contributed by atoms with Gasteiger partial charge in [0.15, 0.2) is 0 Å². The van der Waals surface area contributed by atoms with Crippen LogP contribution in [0.25, 0.3) is 0 Å². The Balaban J connectivity index is 3.80. The second-order valence-electron chi connectivity index (χ2n) is 3.00. The van der Waals surface area contributed by atoms with Crippen LogP contribution in [0.5, 0.6) is 0 Å².